The molecule has 1 saturated carbocycles. The molecule has 7 heteroatoms. The molecule has 0 spiro atoms. The van der Waals surface area contributed by atoms with Crippen molar-refractivity contribution in [1.82, 2.24) is 10.6 Å². The lowest BCUT2D eigenvalue weighted by Crippen LogP contribution is -2.42. The Labute approximate surface area is 165 Å². The largest absolute Gasteiger partial charge is 0.380 e. The molecule has 0 heterocycles. The van der Waals surface area contributed by atoms with E-state index in [0.717, 1.165) is 16.8 Å². The van der Waals surface area contributed by atoms with Gasteiger partial charge in [0.05, 0.1) is 6.61 Å². The van der Waals surface area contributed by atoms with Gasteiger partial charge in [-0.1, -0.05) is 6.07 Å². The fraction of sp³-hybridized carbons (Fsp3) is 0.588. The number of nitrogens with one attached hydrogen (secondary N) is 2. The maximum atomic E-state index is 13.6. The SMILES string of the molecule is CN=C(NCc1ccc(F)c(COC)c1)NC1CCC(SC)C1.I. The van der Waals surface area contributed by atoms with Gasteiger partial charge in [0.2, 0.25) is 0 Å². The smallest absolute Gasteiger partial charge is 0.191 e. The Bertz CT molecular complexity index is 545. The molecule has 0 aromatic heterocycles. The van der Waals surface area contributed by atoms with E-state index in [2.05, 4.69) is 21.9 Å². The highest BCUT2D eigenvalue weighted by Gasteiger charge is 2.24. The number of rotatable bonds is 6. The number of ether oxygens (including phenoxy) is 1. The van der Waals surface area contributed by atoms with Crippen LogP contribution in [0.2, 0.25) is 0 Å². The van der Waals surface area contributed by atoms with Crippen molar-refractivity contribution in [3.63, 3.8) is 0 Å². The van der Waals surface area contributed by atoms with E-state index in [1.807, 2.05) is 17.8 Å². The number of hydrogen-bond donors (Lipinski definition) is 2. The summed E-state index contributed by atoms with van der Waals surface area (Å²) < 4.78 is 18.6. The van der Waals surface area contributed by atoms with Gasteiger partial charge in [0.15, 0.2) is 5.96 Å². The first kappa shape index (κ1) is 21.5. The average Bonchev–Trinajstić information content (AvgIpc) is 3.02. The second-order valence-electron chi connectivity index (χ2n) is 5.80. The van der Waals surface area contributed by atoms with Crippen LogP contribution in [0.1, 0.15) is 30.4 Å². The van der Waals surface area contributed by atoms with E-state index in [9.17, 15) is 4.39 Å². The highest BCUT2D eigenvalue weighted by atomic mass is 127. The third-order valence-corrected chi connectivity index (χ3v) is 5.25. The summed E-state index contributed by atoms with van der Waals surface area (Å²) in [4.78, 5) is 4.28. The molecule has 1 aliphatic carbocycles. The van der Waals surface area contributed by atoms with E-state index in [4.69, 9.17) is 4.74 Å². The van der Waals surface area contributed by atoms with Gasteiger partial charge in [-0.15, -0.1) is 24.0 Å². The monoisotopic (exact) mass is 467 g/mol. The summed E-state index contributed by atoms with van der Waals surface area (Å²) in [6, 6.07) is 5.59. The maximum absolute atomic E-state index is 13.6. The molecule has 1 aromatic rings. The van der Waals surface area contributed by atoms with E-state index in [1.165, 1.54) is 25.3 Å². The molecule has 4 nitrogen and oxygen atoms in total. The summed E-state index contributed by atoms with van der Waals surface area (Å²) in [7, 11) is 3.34. The van der Waals surface area contributed by atoms with Gasteiger partial charge in [0, 0.05) is 37.6 Å². The zero-order chi connectivity index (χ0) is 16.7. The fourth-order valence-corrected chi connectivity index (χ4v) is 3.66. The van der Waals surface area contributed by atoms with Crippen molar-refractivity contribution in [2.45, 2.75) is 43.7 Å². The molecule has 1 aromatic carbocycles. The number of benzene rings is 1. The molecule has 136 valence electrons. The van der Waals surface area contributed by atoms with Crippen LogP contribution in [0, 0.1) is 5.82 Å². The average molecular weight is 467 g/mol. The topological polar surface area (TPSA) is 45.7 Å². The Balaban J connectivity index is 0.00000288. The molecular formula is C17H27FIN3OS. The Hall–Kier alpha value is -0.540. The van der Waals surface area contributed by atoms with Crippen LogP contribution in [0.15, 0.2) is 23.2 Å². The molecule has 0 aliphatic heterocycles. The van der Waals surface area contributed by atoms with Crippen LogP contribution in [0.4, 0.5) is 4.39 Å². The van der Waals surface area contributed by atoms with Gasteiger partial charge >= 0.3 is 0 Å². The third kappa shape index (κ3) is 6.40. The van der Waals surface area contributed by atoms with Gasteiger partial charge in [-0.2, -0.15) is 11.8 Å². The molecule has 1 fully saturated rings. The second kappa shape index (κ2) is 11.1. The summed E-state index contributed by atoms with van der Waals surface area (Å²) in [6.07, 6.45) is 5.79. The third-order valence-electron chi connectivity index (χ3n) is 4.15. The molecule has 2 rings (SSSR count). The van der Waals surface area contributed by atoms with Crippen molar-refractivity contribution in [3.8, 4) is 0 Å². The number of methoxy groups -OCH3 is 1. The summed E-state index contributed by atoms with van der Waals surface area (Å²) in [5.41, 5.74) is 1.59. The van der Waals surface area contributed by atoms with Crippen molar-refractivity contribution < 1.29 is 9.13 Å². The summed E-state index contributed by atoms with van der Waals surface area (Å²) in [5, 5.41) is 7.53. The van der Waals surface area contributed by atoms with Crippen LogP contribution in [-0.4, -0.2) is 37.7 Å². The van der Waals surface area contributed by atoms with Crippen molar-refractivity contribution in [1.29, 1.82) is 0 Å². The molecule has 0 amide bonds. The molecule has 2 atom stereocenters. The highest BCUT2D eigenvalue weighted by molar-refractivity contribution is 14.0. The number of guanidine groups is 1. The molecule has 2 N–H and O–H groups in total. The second-order valence-corrected chi connectivity index (χ2v) is 6.93. The lowest BCUT2D eigenvalue weighted by Gasteiger charge is -2.17. The van der Waals surface area contributed by atoms with Gasteiger partial charge in [0.1, 0.15) is 5.82 Å². The number of thioether (sulfide) groups is 1. The summed E-state index contributed by atoms with van der Waals surface area (Å²) in [5.74, 6) is 0.571. The Kier molecular flexibility index (Phi) is 9.99. The number of hydrogen-bond acceptors (Lipinski definition) is 3. The van der Waals surface area contributed by atoms with E-state index in [1.54, 1.807) is 20.2 Å². The lowest BCUT2D eigenvalue weighted by molar-refractivity contribution is 0.181. The van der Waals surface area contributed by atoms with E-state index in [-0.39, 0.29) is 36.4 Å². The minimum absolute atomic E-state index is 0. The standard InChI is InChI=1S/C17H26FN3OS.HI/c1-19-17(21-14-5-6-15(9-14)23-3)20-10-12-4-7-16(18)13(8-12)11-22-2;/h4,7-8,14-15H,5-6,9-11H2,1-3H3,(H2,19,20,21);1H. The van der Waals surface area contributed by atoms with Crippen LogP contribution in [0.5, 0.6) is 0 Å². The maximum Gasteiger partial charge on any atom is 0.191 e. The van der Waals surface area contributed by atoms with Crippen molar-refractivity contribution in [3.05, 3.63) is 35.1 Å². The molecule has 0 saturated heterocycles. The van der Waals surface area contributed by atoms with Crippen LogP contribution >= 0.6 is 35.7 Å². The zero-order valence-corrected chi connectivity index (χ0v) is 17.6. The minimum Gasteiger partial charge on any atom is -0.380 e. The van der Waals surface area contributed by atoms with E-state index in [0.29, 0.717) is 18.2 Å². The van der Waals surface area contributed by atoms with Crippen molar-refractivity contribution >= 4 is 41.7 Å². The number of aliphatic imine (C=N–C) groups is 1. The first-order chi connectivity index (χ1) is 11.2. The Morgan fingerprint density at radius 3 is 2.83 bits per heavy atom. The van der Waals surface area contributed by atoms with Crippen molar-refractivity contribution in [2.75, 3.05) is 20.4 Å². The highest BCUT2D eigenvalue weighted by Crippen LogP contribution is 2.28. The summed E-state index contributed by atoms with van der Waals surface area (Å²) >= 11 is 1.94. The Morgan fingerprint density at radius 1 is 1.42 bits per heavy atom. The van der Waals surface area contributed by atoms with Crippen LogP contribution in [-0.2, 0) is 17.9 Å². The van der Waals surface area contributed by atoms with Gasteiger partial charge < -0.3 is 15.4 Å². The van der Waals surface area contributed by atoms with Gasteiger partial charge in [-0.05, 0) is 43.2 Å². The zero-order valence-electron chi connectivity index (χ0n) is 14.5. The van der Waals surface area contributed by atoms with Crippen LogP contribution in [0.3, 0.4) is 0 Å². The predicted molar refractivity (Wildman–Crippen MR) is 111 cm³/mol. The lowest BCUT2D eigenvalue weighted by atomic mass is 10.1. The molecule has 1 aliphatic rings. The number of nitrogens with zero attached hydrogens (tertiary/aromatic N) is 1. The minimum atomic E-state index is -0.229. The van der Waals surface area contributed by atoms with Gasteiger partial charge in [-0.3, -0.25) is 4.99 Å². The molecule has 24 heavy (non-hydrogen) atoms. The first-order valence-electron chi connectivity index (χ1n) is 7.92. The predicted octanol–water partition coefficient (Wildman–Crippen LogP) is 3.54. The molecule has 0 bridgehead atoms. The Morgan fingerprint density at radius 2 is 2.21 bits per heavy atom. The van der Waals surface area contributed by atoms with Gasteiger partial charge in [-0.25, -0.2) is 4.39 Å². The van der Waals surface area contributed by atoms with Gasteiger partial charge in [0.25, 0.3) is 0 Å². The summed E-state index contributed by atoms with van der Waals surface area (Å²) in [6.45, 7) is 0.889. The fourth-order valence-electron chi connectivity index (χ4n) is 2.86. The first-order valence-corrected chi connectivity index (χ1v) is 9.21. The normalized spacial score (nSPS) is 20.6. The van der Waals surface area contributed by atoms with Crippen LogP contribution < -0.4 is 10.6 Å². The molecule has 0 radical (unpaired) electrons. The van der Waals surface area contributed by atoms with Crippen LogP contribution in [0.25, 0.3) is 0 Å². The molecule has 2 unspecified atom stereocenters. The van der Waals surface area contributed by atoms with E-state index < -0.39 is 0 Å². The molecular weight excluding hydrogens is 440 g/mol. The quantitative estimate of drug-likeness (QED) is 0.382. The van der Waals surface area contributed by atoms with Crippen molar-refractivity contribution in [2.24, 2.45) is 4.99 Å². The van der Waals surface area contributed by atoms with E-state index >= 15 is 0 Å². The number of halogens is 2.